The van der Waals surface area contributed by atoms with Crippen molar-refractivity contribution in [3.63, 3.8) is 0 Å². The Labute approximate surface area is 257 Å². The molecule has 0 saturated carbocycles. The summed E-state index contributed by atoms with van der Waals surface area (Å²) in [6.45, 7) is 2.64. The summed E-state index contributed by atoms with van der Waals surface area (Å²) in [5.41, 5.74) is 2.61. The maximum Gasteiger partial charge on any atom is 0.264 e. The first-order valence-corrected chi connectivity index (χ1v) is 15.5. The van der Waals surface area contributed by atoms with Crippen LogP contribution in [0.15, 0.2) is 102 Å². The van der Waals surface area contributed by atoms with E-state index in [-0.39, 0.29) is 34.1 Å². The molecule has 0 heterocycles. The third kappa shape index (κ3) is 7.60. The van der Waals surface area contributed by atoms with Crippen molar-refractivity contribution in [3.8, 4) is 0 Å². The summed E-state index contributed by atoms with van der Waals surface area (Å²) in [6, 6.07) is 25.1. The van der Waals surface area contributed by atoms with Crippen LogP contribution in [0.1, 0.15) is 22.3 Å². The number of likely N-dealkylation sites (N-methyl/N-ethyl adjacent to an activating group) is 1. The van der Waals surface area contributed by atoms with E-state index in [1.54, 1.807) is 37.3 Å². The Kier molecular flexibility index (Phi) is 10.2. The van der Waals surface area contributed by atoms with Gasteiger partial charge in [0.1, 0.15) is 18.4 Å². The lowest BCUT2D eigenvalue weighted by Crippen LogP contribution is -2.53. The number of nitrogens with one attached hydrogen (secondary N) is 1. The van der Waals surface area contributed by atoms with Gasteiger partial charge in [0.05, 0.1) is 10.6 Å². The molecule has 0 saturated heterocycles. The maximum absolute atomic E-state index is 14.9. The van der Waals surface area contributed by atoms with Crippen molar-refractivity contribution in [1.29, 1.82) is 0 Å². The van der Waals surface area contributed by atoms with Crippen LogP contribution >= 0.6 is 11.6 Å². The number of nitrogens with zero attached hydrogens (tertiary/aromatic N) is 2. The van der Waals surface area contributed by atoms with Crippen LogP contribution in [-0.4, -0.2) is 44.8 Å². The first-order chi connectivity index (χ1) is 20.5. The topological polar surface area (TPSA) is 86.8 Å². The second-order valence-corrected chi connectivity index (χ2v) is 12.5. The second kappa shape index (κ2) is 13.8. The number of amides is 2. The largest absolute Gasteiger partial charge is 0.357 e. The van der Waals surface area contributed by atoms with Crippen LogP contribution in [0.2, 0.25) is 5.02 Å². The lowest BCUT2D eigenvalue weighted by molar-refractivity contribution is -0.139. The fourth-order valence-electron chi connectivity index (χ4n) is 4.73. The summed E-state index contributed by atoms with van der Waals surface area (Å²) in [7, 11) is -2.82. The van der Waals surface area contributed by atoms with Gasteiger partial charge in [0.15, 0.2) is 0 Å². The van der Waals surface area contributed by atoms with Crippen molar-refractivity contribution < 1.29 is 22.4 Å². The van der Waals surface area contributed by atoms with E-state index in [1.807, 2.05) is 37.3 Å². The number of hydrogen-bond donors (Lipinski definition) is 1. The molecule has 0 aromatic heterocycles. The number of rotatable bonds is 11. The molecule has 224 valence electrons. The zero-order valence-electron chi connectivity index (χ0n) is 24.1. The molecule has 7 nitrogen and oxygen atoms in total. The van der Waals surface area contributed by atoms with Gasteiger partial charge in [0.2, 0.25) is 11.8 Å². The van der Waals surface area contributed by atoms with Crippen molar-refractivity contribution >= 4 is 39.1 Å². The molecular formula is C33H33ClFN3O4S. The molecule has 4 rings (SSSR count). The third-order valence-corrected chi connectivity index (χ3v) is 9.15. The number of carbonyl (C=O) groups excluding carboxylic acids is 2. The van der Waals surface area contributed by atoms with Gasteiger partial charge in [-0.25, -0.2) is 12.8 Å². The predicted octanol–water partition coefficient (Wildman–Crippen LogP) is 5.68. The molecule has 43 heavy (non-hydrogen) atoms. The zero-order valence-corrected chi connectivity index (χ0v) is 25.7. The van der Waals surface area contributed by atoms with E-state index < -0.39 is 40.2 Å². The van der Waals surface area contributed by atoms with Crippen molar-refractivity contribution in [2.24, 2.45) is 0 Å². The SMILES string of the molecule is CNC(=O)[C@H](Cc1ccccc1)N(Cc1ccccc1F)C(=O)CN(c1cc(Cl)ccc1C)S(=O)(=O)c1ccc(C)cc1. The lowest BCUT2D eigenvalue weighted by Gasteiger charge is -2.34. The van der Waals surface area contributed by atoms with Crippen LogP contribution in [0.25, 0.3) is 0 Å². The molecule has 2 amide bonds. The van der Waals surface area contributed by atoms with E-state index in [0.717, 1.165) is 15.4 Å². The highest BCUT2D eigenvalue weighted by Crippen LogP contribution is 2.30. The summed E-state index contributed by atoms with van der Waals surface area (Å²) in [5.74, 6) is -1.71. The average Bonchev–Trinajstić information content (AvgIpc) is 3.00. The predicted molar refractivity (Wildman–Crippen MR) is 167 cm³/mol. The van der Waals surface area contributed by atoms with Gasteiger partial charge in [-0.15, -0.1) is 0 Å². The summed E-state index contributed by atoms with van der Waals surface area (Å²) in [6.07, 6.45) is 0.127. The van der Waals surface area contributed by atoms with Gasteiger partial charge in [-0.05, 0) is 55.3 Å². The number of sulfonamides is 1. The van der Waals surface area contributed by atoms with Gasteiger partial charge in [-0.1, -0.05) is 83.9 Å². The number of anilines is 1. The number of hydrogen-bond acceptors (Lipinski definition) is 4. The first kappa shape index (κ1) is 31.7. The van der Waals surface area contributed by atoms with Gasteiger partial charge in [-0.2, -0.15) is 0 Å². The zero-order chi connectivity index (χ0) is 31.1. The molecule has 0 fully saturated rings. The smallest absolute Gasteiger partial charge is 0.264 e. The fraction of sp³-hybridized carbons (Fsp3) is 0.212. The Bertz CT molecular complexity index is 1700. The Morgan fingerprint density at radius 3 is 2.21 bits per heavy atom. The number of benzene rings is 4. The van der Waals surface area contributed by atoms with Crippen LogP contribution in [0.3, 0.4) is 0 Å². The summed E-state index contributed by atoms with van der Waals surface area (Å²) in [4.78, 5) is 28.8. The molecule has 1 N–H and O–H groups in total. The quantitative estimate of drug-likeness (QED) is 0.234. The Morgan fingerprint density at radius 2 is 1.56 bits per heavy atom. The van der Waals surface area contributed by atoms with Crippen molar-refractivity contribution in [3.05, 3.63) is 130 Å². The van der Waals surface area contributed by atoms with Gasteiger partial charge >= 0.3 is 0 Å². The number of aryl methyl sites for hydroxylation is 2. The van der Waals surface area contributed by atoms with Crippen LogP contribution < -0.4 is 9.62 Å². The molecule has 0 unspecified atom stereocenters. The summed E-state index contributed by atoms with van der Waals surface area (Å²) in [5, 5.41) is 2.89. The van der Waals surface area contributed by atoms with Gasteiger partial charge in [0, 0.05) is 30.6 Å². The molecule has 0 bridgehead atoms. The van der Waals surface area contributed by atoms with Gasteiger partial charge in [0.25, 0.3) is 10.0 Å². The van der Waals surface area contributed by atoms with Crippen LogP contribution in [0.4, 0.5) is 10.1 Å². The molecule has 0 spiro atoms. The van der Waals surface area contributed by atoms with E-state index in [9.17, 15) is 22.4 Å². The molecule has 0 aliphatic carbocycles. The van der Waals surface area contributed by atoms with E-state index in [4.69, 9.17) is 11.6 Å². The van der Waals surface area contributed by atoms with Gasteiger partial charge < -0.3 is 10.2 Å². The second-order valence-electron chi connectivity index (χ2n) is 10.2. The van der Waals surface area contributed by atoms with Crippen LogP contribution in [0.5, 0.6) is 0 Å². The summed E-state index contributed by atoms with van der Waals surface area (Å²) < 4.78 is 44.1. The standard InChI is InChI=1S/C33H33ClFN3O4S/c1-23-13-17-28(18-14-23)43(41,42)38(30-20-27(34)16-15-24(30)2)22-32(39)37(21-26-11-7-8-12-29(26)35)31(33(40)36-3)19-25-9-5-4-6-10-25/h4-18,20,31H,19,21-22H2,1-3H3,(H,36,40)/t31-/m0/s1. The number of carbonyl (C=O) groups is 2. The molecule has 1 atom stereocenters. The Hall–Kier alpha value is -4.21. The fourth-order valence-corrected chi connectivity index (χ4v) is 6.37. The summed E-state index contributed by atoms with van der Waals surface area (Å²) >= 11 is 6.29. The normalized spacial score (nSPS) is 11.9. The Morgan fingerprint density at radius 1 is 0.907 bits per heavy atom. The van der Waals surface area contributed by atoms with E-state index in [1.165, 1.54) is 48.3 Å². The minimum absolute atomic E-state index is 0.0157. The minimum Gasteiger partial charge on any atom is -0.357 e. The molecule has 4 aromatic carbocycles. The minimum atomic E-state index is -4.28. The molecule has 4 aromatic rings. The molecule has 0 radical (unpaired) electrons. The molecule has 0 aliphatic heterocycles. The first-order valence-electron chi connectivity index (χ1n) is 13.6. The molecule has 10 heteroatoms. The Balaban J connectivity index is 1.83. The van der Waals surface area contributed by atoms with E-state index >= 15 is 0 Å². The highest BCUT2D eigenvalue weighted by molar-refractivity contribution is 7.92. The van der Waals surface area contributed by atoms with E-state index in [2.05, 4.69) is 5.32 Å². The molecule has 0 aliphatic rings. The monoisotopic (exact) mass is 621 g/mol. The maximum atomic E-state index is 14.9. The average molecular weight is 622 g/mol. The van der Waals surface area contributed by atoms with Crippen LogP contribution in [-0.2, 0) is 32.6 Å². The van der Waals surface area contributed by atoms with Gasteiger partial charge in [-0.3, -0.25) is 13.9 Å². The highest BCUT2D eigenvalue weighted by atomic mass is 35.5. The van der Waals surface area contributed by atoms with Crippen molar-refractivity contribution in [2.45, 2.75) is 37.8 Å². The third-order valence-electron chi connectivity index (χ3n) is 7.14. The molecular weight excluding hydrogens is 589 g/mol. The van der Waals surface area contributed by atoms with E-state index in [0.29, 0.717) is 5.56 Å². The van der Waals surface area contributed by atoms with Crippen molar-refractivity contribution in [2.75, 3.05) is 17.9 Å². The highest BCUT2D eigenvalue weighted by Gasteiger charge is 2.35. The van der Waals surface area contributed by atoms with Crippen molar-refractivity contribution in [1.82, 2.24) is 10.2 Å². The van der Waals surface area contributed by atoms with Crippen LogP contribution in [0, 0.1) is 19.7 Å². The number of halogens is 2. The lowest BCUT2D eigenvalue weighted by atomic mass is 10.0.